The van der Waals surface area contributed by atoms with Crippen LogP contribution < -0.4 is 10.5 Å². The zero-order valence-corrected chi connectivity index (χ0v) is 17.0. The summed E-state index contributed by atoms with van der Waals surface area (Å²) < 4.78 is 10.8. The molecule has 4 atom stereocenters. The molecule has 8 nitrogen and oxygen atoms in total. The highest BCUT2D eigenvalue weighted by Gasteiger charge is 2.66. The fraction of sp³-hybridized carbons (Fsp3) is 0.364. The first-order valence-corrected chi connectivity index (χ1v) is 9.52. The number of methoxy groups -OCH3 is 1. The van der Waals surface area contributed by atoms with Crippen LogP contribution in [0.5, 0.6) is 5.75 Å². The van der Waals surface area contributed by atoms with E-state index < -0.39 is 35.3 Å². The summed E-state index contributed by atoms with van der Waals surface area (Å²) in [5.41, 5.74) is 4.82. The molecule has 0 aliphatic carbocycles. The molecule has 1 fully saturated rings. The topological polar surface area (TPSA) is 123 Å². The number of ketones is 1. The van der Waals surface area contributed by atoms with Crippen LogP contribution in [-0.2, 0) is 19.1 Å². The fourth-order valence-corrected chi connectivity index (χ4v) is 4.36. The summed E-state index contributed by atoms with van der Waals surface area (Å²) in [7, 11) is 1.46. The highest BCUT2D eigenvalue weighted by molar-refractivity contribution is 5.97. The first-order valence-electron chi connectivity index (χ1n) is 9.52. The number of esters is 1. The average molecular weight is 409 g/mol. The maximum atomic E-state index is 13.2. The Balaban J connectivity index is 2.33. The Morgan fingerprint density at radius 3 is 2.57 bits per heavy atom. The standard InChI is InChI=1S/C22H23N3O5/c1-4-30-21(28)22(12-23)17-10-9-14(13(2)26)11-25(17)19(20(24)27)18(22)15-7-5-6-8-16(15)29-3/h5-11,17-19H,4H2,1-3H3,(H2,24,27)/t17-,18-,19+,22+/m0/s1. The molecule has 2 heterocycles. The van der Waals surface area contributed by atoms with Gasteiger partial charge >= 0.3 is 5.97 Å². The van der Waals surface area contributed by atoms with Crippen molar-refractivity contribution in [2.24, 2.45) is 11.1 Å². The maximum Gasteiger partial charge on any atom is 0.329 e. The van der Waals surface area contributed by atoms with Gasteiger partial charge in [0.05, 0.1) is 25.8 Å². The minimum absolute atomic E-state index is 0.0626. The number of para-hydroxylation sites is 1. The number of primary amides is 1. The van der Waals surface area contributed by atoms with Crippen LogP contribution in [-0.4, -0.2) is 48.4 Å². The van der Waals surface area contributed by atoms with Gasteiger partial charge < -0.3 is 20.1 Å². The summed E-state index contributed by atoms with van der Waals surface area (Å²) >= 11 is 0. The van der Waals surface area contributed by atoms with Crippen molar-refractivity contribution in [2.45, 2.75) is 31.8 Å². The molecule has 1 aromatic rings. The number of nitriles is 1. The number of carbonyl (C=O) groups excluding carboxylic acids is 3. The molecular weight excluding hydrogens is 386 g/mol. The number of hydrogen-bond acceptors (Lipinski definition) is 7. The van der Waals surface area contributed by atoms with Crippen LogP contribution >= 0.6 is 0 Å². The molecule has 2 N–H and O–H groups in total. The molecule has 0 saturated carbocycles. The molecule has 1 saturated heterocycles. The van der Waals surface area contributed by atoms with Crippen molar-refractivity contribution in [3.05, 3.63) is 53.8 Å². The van der Waals surface area contributed by atoms with Crippen LogP contribution in [0.25, 0.3) is 0 Å². The van der Waals surface area contributed by atoms with Gasteiger partial charge in [-0.3, -0.25) is 14.4 Å². The SMILES string of the molecule is CCOC(=O)[C@]1(C#N)[C@@H]2C=CC(C(C)=O)=CN2[C@@H](C(N)=O)[C@@H]1c1ccccc1OC. The van der Waals surface area contributed by atoms with E-state index in [1.54, 1.807) is 43.3 Å². The van der Waals surface area contributed by atoms with Crippen LogP contribution in [0.1, 0.15) is 25.3 Å². The van der Waals surface area contributed by atoms with Crippen molar-refractivity contribution in [1.82, 2.24) is 4.90 Å². The van der Waals surface area contributed by atoms with Gasteiger partial charge in [0.1, 0.15) is 11.8 Å². The molecule has 2 aliphatic rings. The third-order valence-electron chi connectivity index (χ3n) is 5.63. The van der Waals surface area contributed by atoms with Gasteiger partial charge in [-0.05, 0) is 19.9 Å². The van der Waals surface area contributed by atoms with E-state index in [1.807, 2.05) is 0 Å². The third kappa shape index (κ3) is 3.03. The van der Waals surface area contributed by atoms with E-state index in [1.165, 1.54) is 25.1 Å². The van der Waals surface area contributed by atoms with Crippen LogP contribution in [0.4, 0.5) is 0 Å². The molecule has 30 heavy (non-hydrogen) atoms. The Morgan fingerprint density at radius 2 is 2.00 bits per heavy atom. The molecule has 1 aromatic carbocycles. The van der Waals surface area contributed by atoms with E-state index in [-0.39, 0.29) is 12.4 Å². The van der Waals surface area contributed by atoms with Gasteiger partial charge in [0, 0.05) is 23.3 Å². The number of carbonyl (C=O) groups is 3. The second-order valence-corrected chi connectivity index (χ2v) is 7.16. The number of hydrogen-bond donors (Lipinski definition) is 1. The van der Waals surface area contributed by atoms with Gasteiger partial charge in [0.15, 0.2) is 11.2 Å². The van der Waals surface area contributed by atoms with E-state index in [0.29, 0.717) is 16.9 Å². The lowest BCUT2D eigenvalue weighted by molar-refractivity contribution is -0.153. The molecule has 8 heteroatoms. The second-order valence-electron chi connectivity index (χ2n) is 7.16. The lowest BCUT2D eigenvalue weighted by Crippen LogP contribution is -2.45. The zero-order valence-electron chi connectivity index (χ0n) is 17.0. The van der Waals surface area contributed by atoms with Crippen molar-refractivity contribution in [1.29, 1.82) is 5.26 Å². The molecule has 1 amide bonds. The van der Waals surface area contributed by atoms with E-state index in [0.717, 1.165) is 0 Å². The Bertz CT molecular complexity index is 993. The Kier molecular flexibility index (Phi) is 5.65. The summed E-state index contributed by atoms with van der Waals surface area (Å²) in [6, 6.07) is 7.08. The van der Waals surface area contributed by atoms with Crippen molar-refractivity contribution in [3.63, 3.8) is 0 Å². The number of ether oxygens (including phenoxy) is 2. The fourth-order valence-electron chi connectivity index (χ4n) is 4.36. The molecule has 0 spiro atoms. The minimum atomic E-state index is -1.78. The number of allylic oxidation sites excluding steroid dienone is 2. The predicted octanol–water partition coefficient (Wildman–Crippen LogP) is 1.43. The predicted molar refractivity (Wildman–Crippen MR) is 107 cm³/mol. The molecule has 156 valence electrons. The van der Waals surface area contributed by atoms with Crippen LogP contribution in [0.3, 0.4) is 0 Å². The molecule has 0 radical (unpaired) electrons. The lowest BCUT2D eigenvalue weighted by Gasteiger charge is -2.32. The quantitative estimate of drug-likeness (QED) is 0.705. The molecule has 2 aliphatic heterocycles. The summed E-state index contributed by atoms with van der Waals surface area (Å²) in [6.45, 7) is 3.10. The van der Waals surface area contributed by atoms with Gasteiger partial charge in [-0.1, -0.05) is 30.4 Å². The molecule has 0 aromatic heterocycles. The maximum absolute atomic E-state index is 13.2. The highest BCUT2D eigenvalue weighted by atomic mass is 16.5. The van der Waals surface area contributed by atoms with Crippen molar-refractivity contribution < 1.29 is 23.9 Å². The van der Waals surface area contributed by atoms with Crippen LogP contribution in [0.2, 0.25) is 0 Å². The van der Waals surface area contributed by atoms with Crippen molar-refractivity contribution >= 4 is 17.7 Å². The summed E-state index contributed by atoms with van der Waals surface area (Å²) in [5, 5.41) is 10.3. The van der Waals surface area contributed by atoms with E-state index in [9.17, 15) is 19.6 Å². The third-order valence-corrected chi connectivity index (χ3v) is 5.63. The van der Waals surface area contributed by atoms with Crippen LogP contribution in [0, 0.1) is 16.7 Å². The van der Waals surface area contributed by atoms with Crippen LogP contribution in [0.15, 0.2) is 48.2 Å². The first kappa shape index (κ1) is 21.1. The zero-order chi connectivity index (χ0) is 22.1. The van der Waals surface area contributed by atoms with Crippen molar-refractivity contribution in [3.8, 4) is 11.8 Å². The average Bonchev–Trinajstić information content (AvgIpc) is 3.04. The van der Waals surface area contributed by atoms with Gasteiger partial charge in [0.2, 0.25) is 5.91 Å². The molecule has 3 rings (SSSR count). The largest absolute Gasteiger partial charge is 0.496 e. The number of benzene rings is 1. The smallest absolute Gasteiger partial charge is 0.329 e. The number of fused-ring (bicyclic) bond motifs is 1. The Hall–Kier alpha value is -3.60. The molecule has 0 unspecified atom stereocenters. The first-order chi connectivity index (χ1) is 14.3. The summed E-state index contributed by atoms with van der Waals surface area (Å²) in [6.07, 6.45) is 4.63. The number of Topliss-reactive ketones (excluding diaryl/α,β-unsaturated/α-hetero) is 1. The van der Waals surface area contributed by atoms with E-state index in [4.69, 9.17) is 15.2 Å². The van der Waals surface area contributed by atoms with E-state index in [2.05, 4.69) is 6.07 Å². The Morgan fingerprint density at radius 1 is 1.30 bits per heavy atom. The summed E-state index contributed by atoms with van der Waals surface area (Å²) in [5.74, 6) is -2.27. The van der Waals surface area contributed by atoms with Gasteiger partial charge in [-0.15, -0.1) is 0 Å². The number of nitrogens with two attached hydrogens (primary N) is 1. The summed E-state index contributed by atoms with van der Waals surface area (Å²) in [4.78, 5) is 39.3. The monoisotopic (exact) mass is 409 g/mol. The lowest BCUT2D eigenvalue weighted by atomic mass is 9.68. The van der Waals surface area contributed by atoms with Gasteiger partial charge in [-0.2, -0.15) is 5.26 Å². The highest BCUT2D eigenvalue weighted by Crippen LogP contribution is 2.55. The van der Waals surface area contributed by atoms with Gasteiger partial charge in [0.25, 0.3) is 0 Å². The number of amides is 1. The van der Waals surface area contributed by atoms with Gasteiger partial charge in [-0.25, -0.2) is 0 Å². The minimum Gasteiger partial charge on any atom is -0.496 e. The molecular formula is C22H23N3O5. The van der Waals surface area contributed by atoms with Crippen molar-refractivity contribution in [2.75, 3.05) is 13.7 Å². The second kappa shape index (κ2) is 8.03. The normalized spacial score (nSPS) is 26.9. The number of rotatable bonds is 6. The molecule has 0 bridgehead atoms. The number of nitrogens with zero attached hydrogens (tertiary/aromatic N) is 2. The Labute approximate surface area is 174 Å². The van der Waals surface area contributed by atoms with E-state index >= 15 is 0 Å².